The van der Waals surface area contributed by atoms with E-state index in [0.717, 1.165) is 4.57 Å². The lowest BCUT2D eigenvalue weighted by molar-refractivity contribution is -0.0162. The highest BCUT2D eigenvalue weighted by Crippen LogP contribution is 2.29. The van der Waals surface area contributed by atoms with Crippen molar-refractivity contribution in [2.75, 3.05) is 5.32 Å². The topological polar surface area (TPSA) is 114 Å². The number of carbonyl (C=O) groups is 1. The normalized spacial score (nSPS) is 22.9. The number of hydrogen-bond acceptors (Lipinski definition) is 6. The Morgan fingerprint density at radius 2 is 1.96 bits per heavy atom. The zero-order chi connectivity index (χ0) is 17.3. The van der Waals surface area contributed by atoms with Gasteiger partial charge in [0.25, 0.3) is 5.91 Å². The summed E-state index contributed by atoms with van der Waals surface area (Å²) in [6.45, 7) is 3.46. The molecule has 0 saturated carbocycles. The molecule has 1 aromatic heterocycles. The number of aliphatic hydroxyl groups is 2. The first-order valence-electron chi connectivity index (χ1n) is 7.14. The Balaban J connectivity index is 1.80. The first-order chi connectivity index (χ1) is 11.5. The minimum atomic E-state index is -1.33. The van der Waals surface area contributed by atoms with E-state index in [1.54, 1.807) is 30.3 Å². The van der Waals surface area contributed by atoms with Crippen molar-refractivity contribution in [3.05, 3.63) is 71.0 Å². The summed E-state index contributed by atoms with van der Waals surface area (Å²) in [5.41, 5.74) is -0.315. The molecule has 3 N–H and O–H groups in total. The van der Waals surface area contributed by atoms with E-state index in [-0.39, 0.29) is 11.6 Å². The summed E-state index contributed by atoms with van der Waals surface area (Å²) < 4.78 is 6.20. The Labute approximate surface area is 136 Å². The second-order valence-electron chi connectivity index (χ2n) is 5.23. The fourth-order valence-electron chi connectivity index (χ4n) is 2.32. The number of nitrogens with zero attached hydrogens (tertiary/aromatic N) is 2. The molecule has 8 heteroatoms. The van der Waals surface area contributed by atoms with Gasteiger partial charge in [-0.2, -0.15) is 4.98 Å². The predicted molar refractivity (Wildman–Crippen MR) is 84.2 cm³/mol. The first kappa shape index (κ1) is 15.9. The van der Waals surface area contributed by atoms with Gasteiger partial charge in [0.05, 0.1) is 0 Å². The number of hydrogen-bond donors (Lipinski definition) is 3. The molecule has 24 heavy (non-hydrogen) atoms. The number of aromatic nitrogens is 2. The fraction of sp³-hybridized carbons (Fsp3) is 0.188. The van der Waals surface area contributed by atoms with Crippen LogP contribution in [0.5, 0.6) is 0 Å². The van der Waals surface area contributed by atoms with Gasteiger partial charge in [-0.3, -0.25) is 9.36 Å². The van der Waals surface area contributed by atoms with E-state index in [1.807, 2.05) is 0 Å². The zero-order valence-corrected chi connectivity index (χ0v) is 12.5. The van der Waals surface area contributed by atoms with Crippen LogP contribution in [0, 0.1) is 0 Å². The first-order valence-corrected chi connectivity index (χ1v) is 7.14. The highest BCUT2D eigenvalue weighted by molar-refractivity contribution is 6.03. The van der Waals surface area contributed by atoms with E-state index >= 15 is 0 Å². The largest absolute Gasteiger partial charge is 0.469 e. The second-order valence-corrected chi connectivity index (χ2v) is 5.23. The fourth-order valence-corrected chi connectivity index (χ4v) is 2.32. The van der Waals surface area contributed by atoms with Gasteiger partial charge in [-0.05, 0) is 18.2 Å². The predicted octanol–water partition coefficient (Wildman–Crippen LogP) is 0.260. The summed E-state index contributed by atoms with van der Waals surface area (Å²) in [6.07, 6.45) is -2.41. The van der Waals surface area contributed by atoms with Gasteiger partial charge in [0, 0.05) is 11.8 Å². The molecule has 0 radical (unpaired) electrons. The molecule has 0 bridgehead atoms. The number of anilines is 1. The summed E-state index contributed by atoms with van der Waals surface area (Å²) in [5.74, 6) is -0.362. The van der Waals surface area contributed by atoms with Crippen LogP contribution in [0.4, 0.5) is 5.82 Å². The number of aliphatic hydroxyl groups excluding tert-OH is 2. The molecule has 124 valence electrons. The molecule has 0 aliphatic carbocycles. The molecule has 1 aromatic carbocycles. The minimum Gasteiger partial charge on any atom is -0.469 e. The molecule has 0 unspecified atom stereocenters. The van der Waals surface area contributed by atoms with E-state index in [0.29, 0.717) is 5.56 Å². The van der Waals surface area contributed by atoms with Crippen LogP contribution >= 0.6 is 0 Å². The molecule has 1 amide bonds. The molecule has 3 atom stereocenters. The van der Waals surface area contributed by atoms with Gasteiger partial charge in [-0.25, -0.2) is 4.79 Å². The lowest BCUT2D eigenvalue weighted by Gasteiger charge is -2.16. The maximum Gasteiger partial charge on any atom is 0.352 e. The second kappa shape index (κ2) is 6.26. The van der Waals surface area contributed by atoms with Crippen molar-refractivity contribution in [1.29, 1.82) is 0 Å². The van der Waals surface area contributed by atoms with Crippen LogP contribution in [0.15, 0.2) is 59.7 Å². The summed E-state index contributed by atoms with van der Waals surface area (Å²) in [5, 5.41) is 22.0. The van der Waals surface area contributed by atoms with E-state index < -0.39 is 30.0 Å². The molecular formula is C16H15N3O5. The van der Waals surface area contributed by atoms with Crippen LogP contribution in [0.2, 0.25) is 0 Å². The monoisotopic (exact) mass is 329 g/mol. The van der Waals surface area contributed by atoms with Gasteiger partial charge >= 0.3 is 5.69 Å². The number of rotatable bonds is 3. The van der Waals surface area contributed by atoms with Crippen molar-refractivity contribution in [2.24, 2.45) is 0 Å². The van der Waals surface area contributed by atoms with Crippen molar-refractivity contribution >= 4 is 11.7 Å². The molecule has 1 aliphatic heterocycles. The molecule has 2 aromatic rings. The van der Waals surface area contributed by atoms with Crippen LogP contribution in [0.3, 0.4) is 0 Å². The van der Waals surface area contributed by atoms with Gasteiger partial charge < -0.3 is 20.3 Å². The van der Waals surface area contributed by atoms with Gasteiger partial charge in [-0.15, -0.1) is 0 Å². The number of amides is 1. The maximum absolute atomic E-state index is 12.1. The van der Waals surface area contributed by atoms with Crippen molar-refractivity contribution in [3.8, 4) is 0 Å². The zero-order valence-electron chi connectivity index (χ0n) is 12.5. The molecule has 3 rings (SSSR count). The Bertz CT molecular complexity index is 833. The number of benzene rings is 1. The maximum atomic E-state index is 12.1. The van der Waals surface area contributed by atoms with Gasteiger partial charge in [0.2, 0.25) is 6.23 Å². The lowest BCUT2D eigenvalue weighted by atomic mass is 10.2. The van der Waals surface area contributed by atoms with Gasteiger partial charge in [-0.1, -0.05) is 24.8 Å². The standard InChI is InChI=1S/C16H15N3O5/c1-9-12(20)13(21)15(24-9)19-8-7-11(18-16(19)23)17-14(22)10-5-3-2-4-6-10/h2-8,12-13,15,20-21H,1H2,(H,17,18,22,23)/t12-,13-,15-/m1/s1. The Hall–Kier alpha value is -2.97. The average Bonchev–Trinajstić information content (AvgIpc) is 2.83. The Kier molecular flexibility index (Phi) is 4.15. The molecular weight excluding hydrogens is 314 g/mol. The third-order valence-corrected chi connectivity index (χ3v) is 3.60. The SMILES string of the molecule is C=C1O[C@@H](n2ccc(NC(=O)c3ccccc3)nc2=O)[C@H](O)[C@@H]1O. The summed E-state index contributed by atoms with van der Waals surface area (Å²) >= 11 is 0. The van der Waals surface area contributed by atoms with Crippen molar-refractivity contribution in [3.63, 3.8) is 0 Å². The highest BCUT2D eigenvalue weighted by Gasteiger charge is 2.40. The minimum absolute atomic E-state index is 0.0270. The van der Waals surface area contributed by atoms with Crippen LogP contribution in [-0.2, 0) is 4.74 Å². The quantitative estimate of drug-likeness (QED) is 0.744. The van der Waals surface area contributed by atoms with Crippen molar-refractivity contribution in [2.45, 2.75) is 18.4 Å². The number of carbonyl (C=O) groups excluding carboxylic acids is 1. The Morgan fingerprint density at radius 3 is 2.54 bits per heavy atom. The van der Waals surface area contributed by atoms with E-state index in [9.17, 15) is 19.8 Å². The average molecular weight is 329 g/mol. The van der Waals surface area contributed by atoms with Crippen molar-refractivity contribution in [1.82, 2.24) is 9.55 Å². The molecule has 1 fully saturated rings. The molecule has 0 spiro atoms. The van der Waals surface area contributed by atoms with Crippen LogP contribution < -0.4 is 11.0 Å². The third-order valence-electron chi connectivity index (χ3n) is 3.60. The van der Waals surface area contributed by atoms with Crippen LogP contribution in [-0.4, -0.2) is 37.9 Å². The highest BCUT2D eigenvalue weighted by atomic mass is 16.5. The molecule has 1 aliphatic rings. The van der Waals surface area contributed by atoms with Crippen molar-refractivity contribution < 1.29 is 19.7 Å². The smallest absolute Gasteiger partial charge is 0.352 e. The summed E-state index contributed by atoms with van der Waals surface area (Å²) in [6, 6.07) is 9.88. The Morgan fingerprint density at radius 1 is 1.25 bits per heavy atom. The van der Waals surface area contributed by atoms with Gasteiger partial charge in [0.15, 0.2) is 0 Å². The molecule has 1 saturated heterocycles. The van der Waals surface area contributed by atoms with E-state index in [1.165, 1.54) is 12.3 Å². The number of nitrogens with one attached hydrogen (secondary N) is 1. The molecule has 8 nitrogen and oxygen atoms in total. The van der Waals surface area contributed by atoms with E-state index in [2.05, 4.69) is 16.9 Å². The number of ether oxygens (including phenoxy) is 1. The summed E-state index contributed by atoms with van der Waals surface area (Å²) in [7, 11) is 0. The lowest BCUT2D eigenvalue weighted by Crippen LogP contribution is -2.35. The summed E-state index contributed by atoms with van der Waals surface area (Å²) in [4.78, 5) is 27.9. The van der Waals surface area contributed by atoms with Gasteiger partial charge in [0.1, 0.15) is 23.8 Å². The van der Waals surface area contributed by atoms with E-state index in [4.69, 9.17) is 4.74 Å². The van der Waals surface area contributed by atoms with Crippen LogP contribution in [0.25, 0.3) is 0 Å². The molecule has 2 heterocycles. The third kappa shape index (κ3) is 2.92. The van der Waals surface area contributed by atoms with Crippen LogP contribution in [0.1, 0.15) is 16.6 Å².